The zero-order chi connectivity index (χ0) is 24.6. The second-order valence-electron chi connectivity index (χ2n) is 7.92. The fraction of sp³-hybridized carbons (Fsp3) is 0.400. The third kappa shape index (κ3) is 5.24. The Morgan fingerprint density at radius 3 is 2.76 bits per heavy atom. The van der Waals surface area contributed by atoms with E-state index in [1.165, 1.54) is 16.9 Å². The van der Waals surface area contributed by atoms with E-state index >= 15 is 0 Å². The van der Waals surface area contributed by atoms with Crippen molar-refractivity contribution in [2.75, 3.05) is 18.3 Å². The quantitative estimate of drug-likeness (QED) is 0.222. The second kappa shape index (κ2) is 9.84. The second-order valence-corrected chi connectivity index (χ2v) is 9.89. The lowest BCUT2D eigenvalue weighted by Gasteiger charge is -2.18. The highest BCUT2D eigenvalue weighted by Gasteiger charge is 2.45. The molecule has 1 aliphatic heterocycles. The molecule has 0 radical (unpaired) electrons. The first-order valence-corrected chi connectivity index (χ1v) is 12.4. The van der Waals surface area contributed by atoms with Gasteiger partial charge >= 0.3 is 7.60 Å². The Morgan fingerprint density at radius 2 is 2.06 bits per heavy atom. The zero-order valence-corrected chi connectivity index (χ0v) is 19.5. The summed E-state index contributed by atoms with van der Waals surface area (Å²) < 4.78 is 37.0. The lowest BCUT2D eigenvalue weighted by atomic mass is 10.1. The molecule has 2 aromatic heterocycles. The minimum atomic E-state index is -4.40. The van der Waals surface area contributed by atoms with Gasteiger partial charge in [0.05, 0.1) is 29.9 Å². The van der Waals surface area contributed by atoms with Gasteiger partial charge in [-0.25, -0.2) is 14.1 Å². The van der Waals surface area contributed by atoms with E-state index in [-0.39, 0.29) is 23.2 Å². The van der Waals surface area contributed by atoms with Crippen LogP contribution in [-0.2, 0) is 14.0 Å². The van der Waals surface area contributed by atoms with Crippen LogP contribution in [0.1, 0.15) is 24.8 Å². The molecule has 0 saturated carbocycles. The topological polar surface area (TPSA) is 159 Å². The predicted octanol–water partition coefficient (Wildman–Crippen LogP) is 2.17. The number of halogens is 2. The molecule has 34 heavy (non-hydrogen) atoms. The number of aliphatic hydroxyl groups is 2. The lowest BCUT2D eigenvalue weighted by molar-refractivity contribution is -0.0658. The molecule has 0 aliphatic carbocycles. The summed E-state index contributed by atoms with van der Waals surface area (Å²) in [4.78, 5) is 22.1. The molecule has 1 aromatic carbocycles. The number of benzene rings is 1. The van der Waals surface area contributed by atoms with Crippen LogP contribution in [-0.4, -0.2) is 66.0 Å². The molecule has 1 unspecified atom stereocenters. The van der Waals surface area contributed by atoms with Crippen molar-refractivity contribution in [3.8, 4) is 0 Å². The third-order valence-electron chi connectivity index (χ3n) is 5.40. The average molecular weight is 517 g/mol. The van der Waals surface area contributed by atoms with Gasteiger partial charge in [0, 0.05) is 5.56 Å². The van der Waals surface area contributed by atoms with E-state index in [4.69, 9.17) is 30.9 Å². The van der Waals surface area contributed by atoms with Gasteiger partial charge in [-0.2, -0.15) is 5.10 Å². The number of aromatic nitrogens is 3. The number of nitrogens with zero attached hydrogens (tertiary/aromatic N) is 3. The van der Waals surface area contributed by atoms with E-state index in [0.29, 0.717) is 16.6 Å². The number of hydrogen-bond donors (Lipinski definition) is 5. The van der Waals surface area contributed by atoms with E-state index in [1.807, 2.05) is 0 Å². The number of rotatable bonds is 8. The Hall–Kier alpha value is -2.15. The van der Waals surface area contributed by atoms with Crippen LogP contribution in [0.5, 0.6) is 0 Å². The highest BCUT2D eigenvalue weighted by atomic mass is 35.5. The summed E-state index contributed by atoms with van der Waals surface area (Å²) in [6.07, 6.45) is -4.45. The van der Waals surface area contributed by atoms with Crippen LogP contribution in [0.3, 0.4) is 0 Å². The molecule has 0 bridgehead atoms. The molecule has 4 rings (SSSR count). The highest BCUT2D eigenvalue weighted by molar-refractivity contribution is 7.51. The fourth-order valence-electron chi connectivity index (χ4n) is 3.79. The Labute approximate surface area is 198 Å². The number of anilines is 1. The maximum absolute atomic E-state index is 14.2. The number of nitrogens with one attached hydrogen (secondary N) is 1. The molecule has 0 spiro atoms. The number of aliphatic hydroxyl groups excluding tert-OH is 2. The summed E-state index contributed by atoms with van der Waals surface area (Å²) in [5.74, 6) is -0.363. The van der Waals surface area contributed by atoms with Crippen LogP contribution in [0, 0.1) is 5.82 Å². The van der Waals surface area contributed by atoms with Gasteiger partial charge in [0.2, 0.25) is 0 Å². The minimum Gasteiger partial charge on any atom is -0.387 e. The van der Waals surface area contributed by atoms with Gasteiger partial charge in [-0.3, -0.25) is 4.57 Å². The van der Waals surface area contributed by atoms with Crippen LogP contribution in [0.2, 0.25) is 5.15 Å². The van der Waals surface area contributed by atoms with E-state index < -0.39 is 44.5 Å². The fourth-order valence-corrected chi connectivity index (χ4v) is 4.32. The van der Waals surface area contributed by atoms with Crippen LogP contribution in [0.4, 0.5) is 10.1 Å². The smallest absolute Gasteiger partial charge is 0.350 e. The first-order valence-electron chi connectivity index (χ1n) is 10.2. The van der Waals surface area contributed by atoms with Gasteiger partial charge in [0.15, 0.2) is 11.9 Å². The molecular weight excluding hydrogens is 494 g/mol. The van der Waals surface area contributed by atoms with Crippen molar-refractivity contribution in [2.24, 2.45) is 0 Å². The predicted molar refractivity (Wildman–Crippen MR) is 120 cm³/mol. The van der Waals surface area contributed by atoms with Gasteiger partial charge in [-0.15, -0.1) is 0 Å². The maximum atomic E-state index is 14.2. The first kappa shape index (κ1) is 25.0. The molecule has 1 aliphatic rings. The molecule has 1 saturated heterocycles. The van der Waals surface area contributed by atoms with Crippen molar-refractivity contribution in [3.63, 3.8) is 0 Å². The molecule has 5 N–H and O–H groups in total. The Kier molecular flexibility index (Phi) is 7.22. The summed E-state index contributed by atoms with van der Waals surface area (Å²) in [7, 11) is -4.40. The standard InChI is InChI=1S/C20H23ClFN4O7P/c1-10(11-4-2-3-5-13(11)22)24-14-6-16(21)25-19-12(14)7-23-26(19)20-18(28)17(27)15(33-20)8-32-9-34(29,30)31/h2-7,10,15,17-18,20,27-28H,8-9H2,1H3,(H,24,25)(H2,29,30,31)/t10?,15-,17-,18-,20-/m1/s1. The monoisotopic (exact) mass is 516 g/mol. The number of hydrogen-bond acceptors (Lipinski definition) is 8. The SMILES string of the molecule is CC(Nc1cc(Cl)nc2c1cnn2[C@@H]1O[C@H](COCP(=O)(O)O)[C@@H](O)[C@H]1O)c1ccccc1F. The largest absolute Gasteiger partial charge is 0.387 e. The zero-order valence-electron chi connectivity index (χ0n) is 17.8. The maximum Gasteiger partial charge on any atom is 0.350 e. The molecule has 5 atom stereocenters. The first-order chi connectivity index (χ1) is 16.0. The lowest BCUT2D eigenvalue weighted by Crippen LogP contribution is -2.34. The van der Waals surface area contributed by atoms with Crippen LogP contribution >= 0.6 is 19.2 Å². The van der Waals surface area contributed by atoms with Gasteiger partial charge in [0.25, 0.3) is 0 Å². The van der Waals surface area contributed by atoms with Gasteiger partial charge < -0.3 is 34.8 Å². The summed E-state index contributed by atoms with van der Waals surface area (Å²) in [5.41, 5.74) is 1.21. The molecule has 14 heteroatoms. The summed E-state index contributed by atoms with van der Waals surface area (Å²) in [6, 6.07) is 7.50. The molecule has 184 valence electrons. The Bertz CT molecular complexity index is 1220. The van der Waals surface area contributed by atoms with Crippen molar-refractivity contribution < 1.29 is 38.4 Å². The van der Waals surface area contributed by atoms with Crippen molar-refractivity contribution in [1.82, 2.24) is 14.8 Å². The van der Waals surface area contributed by atoms with E-state index in [2.05, 4.69) is 15.4 Å². The molecular formula is C20H23ClFN4O7P. The molecule has 3 aromatic rings. The molecule has 3 heterocycles. The summed E-state index contributed by atoms with van der Waals surface area (Å²) >= 11 is 6.21. The summed E-state index contributed by atoms with van der Waals surface area (Å²) in [5, 5.41) is 28.9. The Balaban J connectivity index is 1.58. The van der Waals surface area contributed by atoms with Gasteiger partial charge in [0.1, 0.15) is 35.6 Å². The van der Waals surface area contributed by atoms with Crippen molar-refractivity contribution in [3.05, 3.63) is 53.1 Å². The van der Waals surface area contributed by atoms with Gasteiger partial charge in [-0.05, 0) is 19.1 Å². The third-order valence-corrected chi connectivity index (χ3v) is 6.11. The van der Waals surface area contributed by atoms with Crippen molar-refractivity contribution >= 4 is 35.9 Å². The van der Waals surface area contributed by atoms with Crippen molar-refractivity contribution in [1.29, 1.82) is 0 Å². The molecule has 0 amide bonds. The minimum absolute atomic E-state index is 0.104. The normalized spacial score (nSPS) is 24.0. The van der Waals surface area contributed by atoms with Crippen LogP contribution in [0.15, 0.2) is 36.5 Å². The Morgan fingerprint density at radius 1 is 1.32 bits per heavy atom. The van der Waals surface area contributed by atoms with E-state index in [0.717, 1.165) is 0 Å². The number of fused-ring (bicyclic) bond motifs is 1. The van der Waals surface area contributed by atoms with E-state index in [1.54, 1.807) is 31.2 Å². The van der Waals surface area contributed by atoms with Gasteiger partial charge in [-0.1, -0.05) is 29.8 Å². The molecule has 11 nitrogen and oxygen atoms in total. The van der Waals surface area contributed by atoms with Crippen molar-refractivity contribution in [2.45, 2.75) is 37.5 Å². The number of ether oxygens (including phenoxy) is 2. The summed E-state index contributed by atoms with van der Waals surface area (Å²) in [6.45, 7) is 1.42. The van der Waals surface area contributed by atoms with Crippen LogP contribution in [0.25, 0.3) is 11.0 Å². The average Bonchev–Trinajstić information content (AvgIpc) is 3.29. The highest BCUT2D eigenvalue weighted by Crippen LogP contribution is 2.37. The van der Waals surface area contributed by atoms with Crippen LogP contribution < -0.4 is 5.32 Å². The van der Waals surface area contributed by atoms with E-state index in [9.17, 15) is 19.2 Å². The number of pyridine rings is 1. The molecule has 1 fully saturated rings.